The zero-order valence-corrected chi connectivity index (χ0v) is 16.0. The van der Waals surface area contributed by atoms with Crippen LogP contribution in [0, 0.1) is 0 Å². The summed E-state index contributed by atoms with van der Waals surface area (Å²) < 4.78 is 28.2. The summed E-state index contributed by atoms with van der Waals surface area (Å²) in [6, 6.07) is 9.27. The van der Waals surface area contributed by atoms with Crippen molar-refractivity contribution in [3.63, 3.8) is 0 Å². The summed E-state index contributed by atoms with van der Waals surface area (Å²) in [6.07, 6.45) is 4.38. The molecule has 27 heavy (non-hydrogen) atoms. The van der Waals surface area contributed by atoms with Crippen LogP contribution in [-0.4, -0.2) is 50.5 Å². The van der Waals surface area contributed by atoms with Gasteiger partial charge in [0, 0.05) is 25.0 Å². The monoisotopic (exact) mass is 389 g/mol. The Balaban J connectivity index is 1.52. The van der Waals surface area contributed by atoms with Gasteiger partial charge in [-0.05, 0) is 36.6 Å². The largest absolute Gasteiger partial charge is 0.497 e. The molecule has 1 fully saturated rings. The predicted molar refractivity (Wildman–Crippen MR) is 104 cm³/mol. The van der Waals surface area contributed by atoms with Crippen LogP contribution in [0.1, 0.15) is 22.3 Å². The fourth-order valence-electron chi connectivity index (χ4n) is 3.00. The van der Waals surface area contributed by atoms with Crippen LogP contribution in [0.3, 0.4) is 0 Å². The first-order chi connectivity index (χ1) is 12.9. The summed E-state index contributed by atoms with van der Waals surface area (Å²) in [6.45, 7) is 0.504. The third-order valence-corrected chi connectivity index (χ3v) is 6.23. The van der Waals surface area contributed by atoms with Crippen LogP contribution in [0.2, 0.25) is 0 Å². The number of sulfone groups is 1. The van der Waals surface area contributed by atoms with E-state index in [9.17, 15) is 13.2 Å². The Morgan fingerprint density at radius 2 is 2.04 bits per heavy atom. The van der Waals surface area contributed by atoms with Gasteiger partial charge in [0.15, 0.2) is 9.84 Å². The lowest BCUT2D eigenvalue weighted by atomic mass is 10.1. The van der Waals surface area contributed by atoms with Crippen molar-refractivity contribution in [2.24, 2.45) is 0 Å². The van der Waals surface area contributed by atoms with E-state index in [0.29, 0.717) is 30.6 Å². The third-order valence-electron chi connectivity index (χ3n) is 4.46. The number of carbonyl (C=O) groups is 1. The van der Waals surface area contributed by atoms with Gasteiger partial charge in [-0.1, -0.05) is 12.1 Å². The fraction of sp³-hybridized carbons (Fsp3) is 0.368. The number of rotatable bonds is 7. The van der Waals surface area contributed by atoms with Crippen LogP contribution in [0.4, 0.5) is 5.69 Å². The summed E-state index contributed by atoms with van der Waals surface area (Å²) in [5, 5.41) is 6.03. The van der Waals surface area contributed by atoms with Crippen molar-refractivity contribution >= 4 is 21.4 Å². The first-order valence-electron chi connectivity index (χ1n) is 8.78. The quantitative estimate of drug-likeness (QED) is 0.748. The van der Waals surface area contributed by atoms with E-state index in [1.165, 1.54) is 6.20 Å². The van der Waals surface area contributed by atoms with Crippen LogP contribution < -0.4 is 15.4 Å². The molecule has 0 saturated carbocycles. The molecule has 1 aromatic heterocycles. The molecule has 1 saturated heterocycles. The highest BCUT2D eigenvalue weighted by molar-refractivity contribution is 7.91. The molecule has 0 radical (unpaired) electrons. The fourth-order valence-corrected chi connectivity index (χ4v) is 4.68. The average molecular weight is 389 g/mol. The summed E-state index contributed by atoms with van der Waals surface area (Å²) in [5.41, 5.74) is 2.20. The lowest BCUT2D eigenvalue weighted by Gasteiger charge is -2.13. The minimum atomic E-state index is -2.95. The molecule has 1 aliphatic rings. The van der Waals surface area contributed by atoms with E-state index in [-0.39, 0.29) is 23.5 Å². The van der Waals surface area contributed by atoms with E-state index in [1.54, 1.807) is 19.4 Å². The second-order valence-corrected chi connectivity index (χ2v) is 8.79. The van der Waals surface area contributed by atoms with Crippen molar-refractivity contribution in [3.8, 4) is 5.75 Å². The third kappa shape index (κ3) is 5.43. The Labute approximate surface area is 159 Å². The topological polar surface area (TPSA) is 97.4 Å². The van der Waals surface area contributed by atoms with E-state index in [2.05, 4.69) is 15.6 Å². The summed E-state index contributed by atoms with van der Waals surface area (Å²) in [4.78, 5) is 16.4. The van der Waals surface area contributed by atoms with Crippen molar-refractivity contribution in [1.29, 1.82) is 0 Å². The van der Waals surface area contributed by atoms with Crippen LogP contribution >= 0.6 is 0 Å². The highest BCUT2D eigenvalue weighted by Crippen LogP contribution is 2.18. The average Bonchev–Trinajstić information content (AvgIpc) is 3.00. The molecule has 0 spiro atoms. The molecule has 0 aliphatic carbocycles. The number of nitrogens with zero attached hydrogens (tertiary/aromatic N) is 1. The Morgan fingerprint density at radius 3 is 2.70 bits per heavy atom. The number of pyridine rings is 1. The van der Waals surface area contributed by atoms with E-state index >= 15 is 0 Å². The molecule has 144 valence electrons. The number of benzene rings is 1. The molecule has 2 heterocycles. The molecule has 1 unspecified atom stereocenters. The maximum absolute atomic E-state index is 12.3. The first-order valence-corrected chi connectivity index (χ1v) is 10.6. The molecule has 2 N–H and O–H groups in total. The van der Waals surface area contributed by atoms with E-state index in [0.717, 1.165) is 11.3 Å². The summed E-state index contributed by atoms with van der Waals surface area (Å²) in [5.74, 6) is 0.904. The SMILES string of the molecule is COc1ccc(CCNC(=O)c2cncc(NC3CCS(=O)(=O)C3)c2)cc1. The van der Waals surface area contributed by atoms with Gasteiger partial charge in [-0.25, -0.2) is 8.42 Å². The number of hydrogen-bond donors (Lipinski definition) is 2. The molecular formula is C19H23N3O4S. The van der Waals surface area contributed by atoms with Crippen molar-refractivity contribution in [2.75, 3.05) is 30.5 Å². The van der Waals surface area contributed by atoms with E-state index in [1.807, 2.05) is 24.3 Å². The Kier molecular flexibility index (Phi) is 5.95. The number of amides is 1. The second kappa shape index (κ2) is 8.39. The molecule has 1 atom stereocenters. The number of nitrogens with one attached hydrogen (secondary N) is 2. The number of aromatic nitrogens is 1. The maximum Gasteiger partial charge on any atom is 0.252 e. The number of ether oxygens (including phenoxy) is 1. The predicted octanol–water partition coefficient (Wildman–Crippen LogP) is 1.66. The second-order valence-electron chi connectivity index (χ2n) is 6.56. The van der Waals surface area contributed by atoms with Gasteiger partial charge < -0.3 is 15.4 Å². The van der Waals surface area contributed by atoms with E-state index in [4.69, 9.17) is 4.74 Å². The van der Waals surface area contributed by atoms with Crippen molar-refractivity contribution in [2.45, 2.75) is 18.9 Å². The van der Waals surface area contributed by atoms with E-state index < -0.39 is 9.84 Å². The van der Waals surface area contributed by atoms with Gasteiger partial charge in [0.05, 0.1) is 29.9 Å². The lowest BCUT2D eigenvalue weighted by Crippen LogP contribution is -2.26. The van der Waals surface area contributed by atoms with Crippen LogP contribution in [0.25, 0.3) is 0 Å². The molecule has 1 amide bonds. The number of hydrogen-bond acceptors (Lipinski definition) is 6. The lowest BCUT2D eigenvalue weighted by molar-refractivity contribution is 0.0954. The zero-order chi connectivity index (χ0) is 19.3. The highest BCUT2D eigenvalue weighted by Gasteiger charge is 2.27. The summed E-state index contributed by atoms with van der Waals surface area (Å²) >= 11 is 0. The maximum atomic E-state index is 12.3. The molecule has 7 nitrogen and oxygen atoms in total. The van der Waals surface area contributed by atoms with Crippen LogP contribution in [-0.2, 0) is 16.3 Å². The number of carbonyl (C=O) groups excluding carboxylic acids is 1. The smallest absolute Gasteiger partial charge is 0.252 e. The van der Waals surface area contributed by atoms with Crippen LogP contribution in [0.5, 0.6) is 5.75 Å². The molecule has 2 aromatic rings. The van der Waals surface area contributed by atoms with Crippen molar-refractivity contribution in [3.05, 3.63) is 53.9 Å². The zero-order valence-electron chi connectivity index (χ0n) is 15.1. The van der Waals surface area contributed by atoms with Crippen molar-refractivity contribution in [1.82, 2.24) is 10.3 Å². The summed E-state index contributed by atoms with van der Waals surface area (Å²) in [7, 11) is -1.33. The molecule has 1 aliphatic heterocycles. The molecule has 0 bridgehead atoms. The normalized spacial score (nSPS) is 18.0. The van der Waals surface area contributed by atoms with Gasteiger partial charge in [-0.3, -0.25) is 9.78 Å². The van der Waals surface area contributed by atoms with Gasteiger partial charge in [0.1, 0.15) is 5.75 Å². The molecule has 1 aromatic carbocycles. The van der Waals surface area contributed by atoms with Gasteiger partial charge in [0.25, 0.3) is 5.91 Å². The Morgan fingerprint density at radius 1 is 1.26 bits per heavy atom. The number of methoxy groups -OCH3 is 1. The molecular weight excluding hydrogens is 366 g/mol. The minimum absolute atomic E-state index is 0.116. The van der Waals surface area contributed by atoms with Gasteiger partial charge in [-0.15, -0.1) is 0 Å². The highest BCUT2D eigenvalue weighted by atomic mass is 32.2. The number of anilines is 1. The molecule has 8 heteroatoms. The Bertz CT molecular complexity index is 897. The molecule has 3 rings (SSSR count). The standard InChI is InChI=1S/C19H23N3O4S/c1-26-18-4-2-14(3-5-18)6-8-21-19(23)15-10-17(12-20-11-15)22-16-7-9-27(24,25)13-16/h2-5,10-12,16,22H,6-9,13H2,1H3,(H,21,23). The van der Waals surface area contributed by atoms with Crippen LogP contribution in [0.15, 0.2) is 42.7 Å². The van der Waals surface area contributed by atoms with Gasteiger partial charge >= 0.3 is 0 Å². The van der Waals surface area contributed by atoms with Gasteiger partial charge in [-0.2, -0.15) is 0 Å². The minimum Gasteiger partial charge on any atom is -0.497 e. The Hall–Kier alpha value is -2.61. The van der Waals surface area contributed by atoms with Crippen molar-refractivity contribution < 1.29 is 17.9 Å². The first kappa shape index (κ1) is 19.2. The van der Waals surface area contributed by atoms with Gasteiger partial charge in [0.2, 0.25) is 0 Å².